The molecule has 3 unspecified atom stereocenters. The average molecular weight is 179 g/mol. The van der Waals surface area contributed by atoms with E-state index in [0.29, 0.717) is 18.6 Å². The fourth-order valence-corrected chi connectivity index (χ4v) is 2.14. The van der Waals surface area contributed by atoms with Crippen LogP contribution in [0.1, 0.15) is 12.5 Å². The summed E-state index contributed by atoms with van der Waals surface area (Å²) >= 11 is 0. The number of rotatable bonds is 1. The zero-order chi connectivity index (χ0) is 8.67. The Balaban J connectivity index is 1.86. The van der Waals surface area contributed by atoms with E-state index in [4.69, 9.17) is 9.47 Å². The first-order chi connectivity index (χ1) is 6.45. The molecule has 0 amide bonds. The smallest absolute Gasteiger partial charge is 0.162 e. The van der Waals surface area contributed by atoms with Gasteiger partial charge in [-0.05, 0) is 6.42 Å². The van der Waals surface area contributed by atoms with Crippen LogP contribution in [0.4, 0.5) is 0 Å². The van der Waals surface area contributed by atoms with Crippen LogP contribution in [0.5, 0.6) is 0 Å². The van der Waals surface area contributed by atoms with E-state index >= 15 is 0 Å². The van der Waals surface area contributed by atoms with Gasteiger partial charge < -0.3 is 9.47 Å². The van der Waals surface area contributed by atoms with Crippen LogP contribution in [0, 0.1) is 12.0 Å². The lowest BCUT2D eigenvalue weighted by atomic mass is 10.0. The Hall–Kier alpha value is -0.870. The molecule has 0 aromatic carbocycles. The standard InChI is InChI=1S/C9H11N2O2/c1-3-10-11(4-1)8-6-13-9-7(8)2-5-12-9/h3-4,7-9H,2,5-6H2. The van der Waals surface area contributed by atoms with Crippen molar-refractivity contribution in [3.05, 3.63) is 18.5 Å². The van der Waals surface area contributed by atoms with Crippen molar-refractivity contribution in [2.75, 3.05) is 13.2 Å². The number of fused-ring (bicyclic) bond motifs is 1. The first kappa shape index (κ1) is 7.53. The predicted octanol–water partition coefficient (Wildman–Crippen LogP) is 0.617. The van der Waals surface area contributed by atoms with Gasteiger partial charge in [-0.1, -0.05) is 0 Å². The maximum atomic E-state index is 5.52. The molecule has 0 spiro atoms. The maximum absolute atomic E-state index is 5.52. The van der Waals surface area contributed by atoms with E-state index in [0.717, 1.165) is 13.0 Å². The highest BCUT2D eigenvalue weighted by molar-refractivity contribution is 4.89. The number of ether oxygens (including phenoxy) is 2. The number of hydrogen-bond donors (Lipinski definition) is 0. The van der Waals surface area contributed by atoms with Gasteiger partial charge in [0.1, 0.15) is 0 Å². The second-order valence-electron chi connectivity index (χ2n) is 3.51. The van der Waals surface area contributed by atoms with Crippen LogP contribution in [-0.4, -0.2) is 29.3 Å². The molecule has 4 nitrogen and oxygen atoms in total. The molecular formula is C9H11N2O2. The highest BCUT2D eigenvalue weighted by Gasteiger charge is 2.42. The zero-order valence-corrected chi connectivity index (χ0v) is 7.22. The largest absolute Gasteiger partial charge is 0.352 e. The van der Waals surface area contributed by atoms with Gasteiger partial charge >= 0.3 is 0 Å². The summed E-state index contributed by atoms with van der Waals surface area (Å²) in [5.41, 5.74) is 0. The fraction of sp³-hybridized carbons (Fsp3) is 0.667. The maximum Gasteiger partial charge on any atom is 0.162 e. The topological polar surface area (TPSA) is 36.3 Å². The van der Waals surface area contributed by atoms with E-state index in [9.17, 15) is 0 Å². The van der Waals surface area contributed by atoms with Crippen molar-refractivity contribution in [2.45, 2.75) is 18.8 Å². The van der Waals surface area contributed by atoms with E-state index in [1.807, 2.05) is 10.9 Å². The third kappa shape index (κ3) is 1.09. The van der Waals surface area contributed by atoms with Crippen LogP contribution < -0.4 is 0 Å². The summed E-state index contributed by atoms with van der Waals surface area (Å²) in [6.45, 7) is 1.53. The third-order valence-electron chi connectivity index (χ3n) is 2.82. The lowest BCUT2D eigenvalue weighted by molar-refractivity contribution is -0.0905. The Kier molecular flexibility index (Phi) is 1.63. The summed E-state index contributed by atoms with van der Waals surface area (Å²) in [5, 5.41) is 4.18. The Morgan fingerprint density at radius 1 is 1.46 bits per heavy atom. The van der Waals surface area contributed by atoms with Crippen LogP contribution in [0.15, 0.2) is 12.4 Å². The molecule has 2 fully saturated rings. The molecular weight excluding hydrogens is 168 g/mol. The zero-order valence-electron chi connectivity index (χ0n) is 7.22. The minimum Gasteiger partial charge on any atom is -0.352 e. The average Bonchev–Trinajstić information content (AvgIpc) is 2.79. The van der Waals surface area contributed by atoms with Crippen molar-refractivity contribution in [2.24, 2.45) is 5.92 Å². The molecule has 0 bridgehead atoms. The molecule has 1 aromatic rings. The molecule has 2 aliphatic rings. The Bertz CT molecular complexity index is 286. The van der Waals surface area contributed by atoms with Crippen molar-refractivity contribution in [1.29, 1.82) is 0 Å². The first-order valence-corrected chi connectivity index (χ1v) is 4.58. The minimum atomic E-state index is 0.00852. The van der Waals surface area contributed by atoms with E-state index < -0.39 is 0 Å². The highest BCUT2D eigenvalue weighted by Crippen LogP contribution is 2.37. The van der Waals surface area contributed by atoms with E-state index in [-0.39, 0.29) is 6.29 Å². The van der Waals surface area contributed by atoms with Crippen LogP contribution in [-0.2, 0) is 9.47 Å². The normalized spacial score (nSPS) is 38.0. The summed E-state index contributed by atoms with van der Waals surface area (Å²) in [6.07, 6.45) is 4.64. The first-order valence-electron chi connectivity index (χ1n) is 4.58. The molecule has 2 saturated heterocycles. The predicted molar refractivity (Wildman–Crippen MR) is 43.9 cm³/mol. The Morgan fingerprint density at radius 2 is 2.46 bits per heavy atom. The highest BCUT2D eigenvalue weighted by atomic mass is 16.7. The SMILES string of the molecule is [c]1cnn(C2COC3OCCC32)c1. The quantitative estimate of drug-likeness (QED) is 0.634. The summed E-state index contributed by atoms with van der Waals surface area (Å²) in [6, 6.07) is 3.29. The van der Waals surface area contributed by atoms with Gasteiger partial charge in [0, 0.05) is 18.2 Å². The molecule has 1 aromatic heterocycles. The van der Waals surface area contributed by atoms with Crippen molar-refractivity contribution >= 4 is 0 Å². The van der Waals surface area contributed by atoms with E-state index in [1.54, 1.807) is 6.20 Å². The summed E-state index contributed by atoms with van der Waals surface area (Å²) < 4.78 is 12.9. The molecule has 13 heavy (non-hydrogen) atoms. The fourth-order valence-electron chi connectivity index (χ4n) is 2.14. The number of nitrogens with zero attached hydrogens (tertiary/aromatic N) is 2. The summed E-state index contributed by atoms with van der Waals surface area (Å²) in [5.74, 6) is 0.480. The van der Waals surface area contributed by atoms with Crippen LogP contribution in [0.3, 0.4) is 0 Å². The number of aromatic nitrogens is 2. The van der Waals surface area contributed by atoms with E-state index in [1.165, 1.54) is 0 Å². The van der Waals surface area contributed by atoms with Crippen molar-refractivity contribution < 1.29 is 9.47 Å². The molecule has 4 heteroatoms. The molecule has 1 radical (unpaired) electrons. The molecule has 69 valence electrons. The van der Waals surface area contributed by atoms with Gasteiger partial charge in [0.2, 0.25) is 0 Å². The molecule has 0 N–H and O–H groups in total. The summed E-state index contributed by atoms with van der Waals surface area (Å²) in [4.78, 5) is 0. The van der Waals surface area contributed by atoms with Crippen LogP contribution in [0.2, 0.25) is 0 Å². The lowest BCUT2D eigenvalue weighted by Gasteiger charge is -2.14. The van der Waals surface area contributed by atoms with E-state index in [2.05, 4.69) is 11.2 Å². The Morgan fingerprint density at radius 3 is 3.31 bits per heavy atom. The second kappa shape index (κ2) is 2.82. The molecule has 0 saturated carbocycles. The van der Waals surface area contributed by atoms with Gasteiger partial charge in [-0.3, -0.25) is 4.68 Å². The van der Waals surface area contributed by atoms with Crippen molar-refractivity contribution in [3.8, 4) is 0 Å². The summed E-state index contributed by atoms with van der Waals surface area (Å²) in [7, 11) is 0. The van der Waals surface area contributed by atoms with Gasteiger partial charge in [-0.2, -0.15) is 5.10 Å². The lowest BCUT2D eigenvalue weighted by Crippen LogP contribution is -2.19. The minimum absolute atomic E-state index is 0.00852. The van der Waals surface area contributed by atoms with Gasteiger partial charge in [0.25, 0.3) is 0 Å². The van der Waals surface area contributed by atoms with Gasteiger partial charge in [0.15, 0.2) is 6.29 Å². The van der Waals surface area contributed by atoms with Gasteiger partial charge in [-0.15, -0.1) is 0 Å². The monoisotopic (exact) mass is 179 g/mol. The second-order valence-corrected chi connectivity index (χ2v) is 3.51. The van der Waals surface area contributed by atoms with Crippen molar-refractivity contribution in [3.63, 3.8) is 0 Å². The Labute approximate surface area is 76.4 Å². The van der Waals surface area contributed by atoms with Gasteiger partial charge in [0.05, 0.1) is 25.5 Å². The van der Waals surface area contributed by atoms with Crippen molar-refractivity contribution in [1.82, 2.24) is 9.78 Å². The molecule has 3 heterocycles. The van der Waals surface area contributed by atoms with Crippen LogP contribution in [0.25, 0.3) is 0 Å². The van der Waals surface area contributed by atoms with Crippen LogP contribution >= 0.6 is 0 Å². The molecule has 2 aliphatic heterocycles. The third-order valence-corrected chi connectivity index (χ3v) is 2.82. The molecule has 3 atom stereocenters. The van der Waals surface area contributed by atoms with Gasteiger partial charge in [-0.25, -0.2) is 0 Å². The molecule has 3 rings (SSSR count). The number of hydrogen-bond acceptors (Lipinski definition) is 3. The molecule has 0 aliphatic carbocycles.